The van der Waals surface area contributed by atoms with Crippen LogP contribution in [0.4, 0.5) is 0 Å². The maximum absolute atomic E-state index is 3.76. The van der Waals surface area contributed by atoms with Gasteiger partial charge in [-0.25, -0.2) is 0 Å². The Morgan fingerprint density at radius 2 is 1.44 bits per heavy atom. The molecule has 4 saturated carbocycles. The fourth-order valence-electron chi connectivity index (χ4n) is 2.96. The summed E-state index contributed by atoms with van der Waals surface area (Å²) in [6.45, 7) is 0. The van der Waals surface area contributed by atoms with Gasteiger partial charge in [0, 0.05) is 9.65 Å². The van der Waals surface area contributed by atoms with Crippen molar-refractivity contribution in [1.82, 2.24) is 0 Å². The third-order valence-electron chi connectivity index (χ3n) is 3.39. The second-order valence-electron chi connectivity index (χ2n) is 3.61. The molecule has 2 heteroatoms. The third-order valence-corrected chi connectivity index (χ3v) is 5.97. The molecule has 0 aromatic carbocycles. The van der Waals surface area contributed by atoms with Crippen molar-refractivity contribution in [3.63, 3.8) is 0 Å². The zero-order valence-corrected chi connectivity index (χ0v) is 8.10. The molecular formula is C7H8Br2. The van der Waals surface area contributed by atoms with E-state index in [2.05, 4.69) is 31.9 Å². The van der Waals surface area contributed by atoms with Gasteiger partial charge >= 0.3 is 0 Å². The van der Waals surface area contributed by atoms with Gasteiger partial charge in [-0.05, 0) is 30.1 Å². The lowest BCUT2D eigenvalue weighted by Crippen LogP contribution is -2.09. The smallest absolute Gasteiger partial charge is 0.0219 e. The first kappa shape index (κ1) is 5.59. The summed E-state index contributed by atoms with van der Waals surface area (Å²) in [5.41, 5.74) is 0. The van der Waals surface area contributed by atoms with Crippen molar-refractivity contribution in [2.75, 3.05) is 0 Å². The van der Waals surface area contributed by atoms with Crippen LogP contribution in [0.25, 0.3) is 0 Å². The molecule has 50 valence electrons. The highest BCUT2D eigenvalue weighted by molar-refractivity contribution is 9.10. The predicted octanol–water partition coefficient (Wildman–Crippen LogP) is 2.41. The maximum atomic E-state index is 3.76. The first-order valence-electron chi connectivity index (χ1n) is 3.59. The van der Waals surface area contributed by atoms with Crippen molar-refractivity contribution < 1.29 is 0 Å². The molecule has 4 bridgehead atoms. The molecule has 0 heterocycles. The molecule has 0 aliphatic heterocycles. The molecule has 0 spiro atoms. The van der Waals surface area contributed by atoms with Crippen molar-refractivity contribution in [3.05, 3.63) is 0 Å². The fourth-order valence-corrected chi connectivity index (χ4v) is 5.95. The topological polar surface area (TPSA) is 0 Å². The van der Waals surface area contributed by atoms with E-state index in [1.165, 1.54) is 6.42 Å². The SMILES string of the molecule is Br[C@@H]1C2CC3[C@@H]1[C@H]3[C@@H]2Br. The van der Waals surface area contributed by atoms with Gasteiger partial charge in [-0.15, -0.1) is 0 Å². The van der Waals surface area contributed by atoms with Crippen LogP contribution in [0, 0.1) is 23.7 Å². The van der Waals surface area contributed by atoms with E-state index in [1.807, 2.05) is 0 Å². The average Bonchev–Trinajstić information content (AvgIpc) is 2.18. The minimum atomic E-state index is 0.872. The molecule has 0 aromatic rings. The zero-order valence-electron chi connectivity index (χ0n) is 4.93. The van der Waals surface area contributed by atoms with Gasteiger partial charge in [0.05, 0.1) is 0 Å². The summed E-state index contributed by atoms with van der Waals surface area (Å²) in [5.74, 6) is 4.23. The Hall–Kier alpha value is 0.960. The van der Waals surface area contributed by atoms with E-state index in [0.717, 1.165) is 33.3 Å². The number of rotatable bonds is 0. The quantitative estimate of drug-likeness (QED) is 0.580. The summed E-state index contributed by atoms with van der Waals surface area (Å²) in [6.07, 6.45) is 1.50. The van der Waals surface area contributed by atoms with E-state index < -0.39 is 0 Å². The molecule has 4 fully saturated rings. The number of hydrogen-bond donors (Lipinski definition) is 0. The van der Waals surface area contributed by atoms with E-state index in [9.17, 15) is 0 Å². The molecule has 0 saturated heterocycles. The molecule has 0 N–H and O–H groups in total. The molecule has 0 amide bonds. The van der Waals surface area contributed by atoms with Crippen LogP contribution in [0.3, 0.4) is 0 Å². The lowest BCUT2D eigenvalue weighted by Gasteiger charge is -2.08. The number of alkyl halides is 2. The monoisotopic (exact) mass is 250 g/mol. The molecule has 4 aliphatic rings. The molecule has 2 unspecified atom stereocenters. The summed E-state index contributed by atoms with van der Waals surface area (Å²) in [6, 6.07) is 0. The van der Waals surface area contributed by atoms with Crippen LogP contribution in [-0.4, -0.2) is 9.65 Å². The van der Waals surface area contributed by atoms with Crippen LogP contribution in [0.1, 0.15) is 6.42 Å². The zero-order chi connectivity index (χ0) is 6.17. The number of halogens is 2. The van der Waals surface area contributed by atoms with Crippen molar-refractivity contribution in [1.29, 1.82) is 0 Å². The minimum Gasteiger partial charge on any atom is -0.0884 e. The molecular weight excluding hydrogens is 244 g/mol. The van der Waals surface area contributed by atoms with Gasteiger partial charge in [0.25, 0.3) is 0 Å². The van der Waals surface area contributed by atoms with Crippen LogP contribution in [-0.2, 0) is 0 Å². The average molecular weight is 252 g/mol. The Labute approximate surface area is 71.6 Å². The molecule has 6 atom stereocenters. The maximum Gasteiger partial charge on any atom is 0.0219 e. The van der Waals surface area contributed by atoms with E-state index in [1.54, 1.807) is 0 Å². The largest absolute Gasteiger partial charge is 0.0884 e. The lowest BCUT2D eigenvalue weighted by molar-refractivity contribution is 0.638. The Morgan fingerprint density at radius 3 is 1.56 bits per heavy atom. The van der Waals surface area contributed by atoms with Gasteiger partial charge in [-0.1, -0.05) is 31.9 Å². The Bertz CT molecular complexity index is 148. The predicted molar refractivity (Wildman–Crippen MR) is 44.0 cm³/mol. The van der Waals surface area contributed by atoms with Crippen molar-refractivity contribution in [2.45, 2.75) is 16.1 Å². The van der Waals surface area contributed by atoms with Crippen LogP contribution < -0.4 is 0 Å². The first-order valence-corrected chi connectivity index (χ1v) is 5.42. The van der Waals surface area contributed by atoms with Crippen molar-refractivity contribution in [3.8, 4) is 0 Å². The van der Waals surface area contributed by atoms with Crippen LogP contribution in [0.15, 0.2) is 0 Å². The molecule has 4 aliphatic carbocycles. The van der Waals surface area contributed by atoms with Gasteiger partial charge in [0.2, 0.25) is 0 Å². The second kappa shape index (κ2) is 1.42. The van der Waals surface area contributed by atoms with Crippen LogP contribution >= 0.6 is 31.9 Å². The minimum absolute atomic E-state index is 0.872. The highest BCUT2D eigenvalue weighted by Crippen LogP contribution is 2.74. The van der Waals surface area contributed by atoms with Crippen molar-refractivity contribution in [2.24, 2.45) is 23.7 Å². The van der Waals surface area contributed by atoms with Crippen LogP contribution in [0.5, 0.6) is 0 Å². The molecule has 4 rings (SSSR count). The number of hydrogen-bond acceptors (Lipinski definition) is 0. The summed E-state index contributed by atoms with van der Waals surface area (Å²) in [4.78, 5) is 1.74. The molecule has 9 heavy (non-hydrogen) atoms. The lowest BCUT2D eigenvalue weighted by atomic mass is 10.1. The Kier molecular flexibility index (Phi) is 0.885. The highest BCUT2D eigenvalue weighted by Gasteiger charge is 2.72. The summed E-state index contributed by atoms with van der Waals surface area (Å²) in [5, 5.41) is 0. The standard InChI is InChI=1S/C7H8Br2/c8-6-3-1-2-4(6)5(2)7(3)9/h2-7H,1H2/t2?,3?,4-,5+,6-,7-/m1/s1. The second-order valence-corrected chi connectivity index (χ2v) is 5.72. The van der Waals surface area contributed by atoms with Gasteiger partial charge in [-0.2, -0.15) is 0 Å². The van der Waals surface area contributed by atoms with E-state index in [0.29, 0.717) is 0 Å². The highest BCUT2D eigenvalue weighted by atomic mass is 79.9. The van der Waals surface area contributed by atoms with E-state index >= 15 is 0 Å². The van der Waals surface area contributed by atoms with Gasteiger partial charge in [0.15, 0.2) is 0 Å². The van der Waals surface area contributed by atoms with E-state index in [4.69, 9.17) is 0 Å². The molecule has 0 radical (unpaired) electrons. The van der Waals surface area contributed by atoms with Crippen LogP contribution in [0.2, 0.25) is 0 Å². The van der Waals surface area contributed by atoms with Gasteiger partial charge in [0.1, 0.15) is 0 Å². The van der Waals surface area contributed by atoms with Crippen molar-refractivity contribution >= 4 is 31.9 Å². The summed E-state index contributed by atoms with van der Waals surface area (Å²) in [7, 11) is 0. The fraction of sp³-hybridized carbons (Fsp3) is 1.00. The van der Waals surface area contributed by atoms with E-state index in [-0.39, 0.29) is 0 Å². The summed E-state index contributed by atoms with van der Waals surface area (Å²) >= 11 is 7.53. The van der Waals surface area contributed by atoms with Gasteiger partial charge < -0.3 is 0 Å². The first-order chi connectivity index (χ1) is 4.30. The molecule has 0 nitrogen and oxygen atoms in total. The Balaban J connectivity index is 2.07. The van der Waals surface area contributed by atoms with Gasteiger partial charge in [-0.3, -0.25) is 0 Å². The Morgan fingerprint density at radius 1 is 0.889 bits per heavy atom. The normalized spacial score (nSPS) is 75.3. The molecule has 0 aromatic heterocycles. The summed E-state index contributed by atoms with van der Waals surface area (Å²) < 4.78 is 0. The third kappa shape index (κ3) is 0.453.